The van der Waals surface area contributed by atoms with Crippen LogP contribution < -0.4 is 9.47 Å². The molecule has 0 bridgehead atoms. The van der Waals surface area contributed by atoms with Crippen LogP contribution in [0.1, 0.15) is 29.2 Å². The molecule has 0 spiro atoms. The fourth-order valence-corrected chi connectivity index (χ4v) is 2.78. The predicted octanol–water partition coefficient (Wildman–Crippen LogP) is 5.35. The highest BCUT2D eigenvalue weighted by Gasteiger charge is 2.14. The average molecular weight is 393 g/mol. The molecule has 0 unspecified atom stereocenters. The molecule has 0 N–H and O–H groups in total. The van der Waals surface area contributed by atoms with Crippen molar-refractivity contribution in [3.8, 4) is 11.5 Å². The lowest BCUT2D eigenvalue weighted by Crippen LogP contribution is -2.10. The van der Waals surface area contributed by atoms with Gasteiger partial charge in [0.15, 0.2) is 0 Å². The summed E-state index contributed by atoms with van der Waals surface area (Å²) in [4.78, 5) is 11.4. The van der Waals surface area contributed by atoms with Crippen LogP contribution in [0.2, 0.25) is 0 Å². The number of carbonyl (C=O) groups excluding carboxylic acids is 1. The van der Waals surface area contributed by atoms with Gasteiger partial charge in [0.25, 0.3) is 0 Å². The third-order valence-corrected chi connectivity index (χ3v) is 4.61. The van der Waals surface area contributed by atoms with E-state index < -0.39 is 6.16 Å². The summed E-state index contributed by atoms with van der Waals surface area (Å²) < 4.78 is 16.6. The SMILES string of the molecule is CCc1cc(C)c(C)cc1OCc1c(Br)cccc1OC(=O)OC. The van der Waals surface area contributed by atoms with Crippen LogP contribution in [-0.2, 0) is 17.8 Å². The summed E-state index contributed by atoms with van der Waals surface area (Å²) in [5, 5.41) is 0. The lowest BCUT2D eigenvalue weighted by molar-refractivity contribution is 0.120. The van der Waals surface area contributed by atoms with Crippen molar-refractivity contribution >= 4 is 22.1 Å². The summed E-state index contributed by atoms with van der Waals surface area (Å²) in [6.45, 7) is 6.53. The van der Waals surface area contributed by atoms with Crippen molar-refractivity contribution in [2.45, 2.75) is 33.8 Å². The zero-order valence-electron chi connectivity index (χ0n) is 14.3. The third kappa shape index (κ3) is 4.29. The second-order valence-corrected chi connectivity index (χ2v) is 6.31. The largest absolute Gasteiger partial charge is 0.513 e. The van der Waals surface area contributed by atoms with Gasteiger partial charge in [-0.2, -0.15) is 0 Å². The second kappa shape index (κ2) is 8.20. The average Bonchev–Trinajstić information content (AvgIpc) is 2.56. The minimum atomic E-state index is -0.755. The molecule has 0 aliphatic rings. The maximum Gasteiger partial charge on any atom is 0.513 e. The Bertz CT molecular complexity index is 740. The molecule has 2 aromatic rings. The fraction of sp³-hybridized carbons (Fsp3) is 0.316. The number of aryl methyl sites for hydroxylation is 3. The van der Waals surface area contributed by atoms with Gasteiger partial charge in [-0.3, -0.25) is 0 Å². The van der Waals surface area contributed by atoms with Gasteiger partial charge in [-0.05, 0) is 55.2 Å². The highest BCUT2D eigenvalue weighted by atomic mass is 79.9. The van der Waals surface area contributed by atoms with Crippen LogP contribution in [0.4, 0.5) is 4.79 Å². The van der Waals surface area contributed by atoms with Crippen LogP contribution in [0, 0.1) is 13.8 Å². The topological polar surface area (TPSA) is 44.8 Å². The molecule has 24 heavy (non-hydrogen) atoms. The van der Waals surface area contributed by atoms with Crippen molar-refractivity contribution < 1.29 is 19.0 Å². The van der Waals surface area contributed by atoms with Gasteiger partial charge in [0.2, 0.25) is 0 Å². The Morgan fingerprint density at radius 1 is 1.12 bits per heavy atom. The van der Waals surface area contributed by atoms with Crippen molar-refractivity contribution in [1.82, 2.24) is 0 Å². The standard InChI is InChI=1S/C19H21BrO4/c1-5-14-9-12(2)13(3)10-18(14)23-11-15-16(20)7-6-8-17(15)24-19(21)22-4/h6-10H,5,11H2,1-4H3. The Labute approximate surface area is 150 Å². The molecule has 0 radical (unpaired) electrons. The first-order valence-electron chi connectivity index (χ1n) is 7.72. The molecule has 5 heteroatoms. The van der Waals surface area contributed by atoms with E-state index in [1.807, 2.05) is 12.1 Å². The van der Waals surface area contributed by atoms with Gasteiger partial charge in [0.05, 0.1) is 7.11 Å². The summed E-state index contributed by atoms with van der Waals surface area (Å²) in [6, 6.07) is 9.58. The van der Waals surface area contributed by atoms with Gasteiger partial charge in [0.1, 0.15) is 18.1 Å². The van der Waals surface area contributed by atoms with Gasteiger partial charge >= 0.3 is 6.16 Å². The van der Waals surface area contributed by atoms with E-state index in [1.54, 1.807) is 12.1 Å². The number of rotatable bonds is 5. The van der Waals surface area contributed by atoms with E-state index in [-0.39, 0.29) is 6.61 Å². The van der Waals surface area contributed by atoms with E-state index in [0.717, 1.165) is 27.8 Å². The van der Waals surface area contributed by atoms with E-state index in [1.165, 1.54) is 18.2 Å². The summed E-state index contributed by atoms with van der Waals surface area (Å²) in [7, 11) is 1.28. The van der Waals surface area contributed by atoms with Crippen LogP contribution in [-0.4, -0.2) is 13.3 Å². The molecule has 0 atom stereocenters. The maximum absolute atomic E-state index is 11.4. The Morgan fingerprint density at radius 2 is 1.83 bits per heavy atom. The number of carbonyl (C=O) groups is 1. The lowest BCUT2D eigenvalue weighted by Gasteiger charge is -2.16. The Kier molecular flexibility index (Phi) is 6.26. The second-order valence-electron chi connectivity index (χ2n) is 5.46. The highest BCUT2D eigenvalue weighted by molar-refractivity contribution is 9.10. The number of benzene rings is 2. The first-order valence-corrected chi connectivity index (χ1v) is 8.51. The summed E-state index contributed by atoms with van der Waals surface area (Å²) in [6.07, 6.45) is 0.132. The molecule has 2 rings (SSSR count). The smallest absolute Gasteiger partial charge is 0.488 e. The number of hydrogen-bond acceptors (Lipinski definition) is 4. The van der Waals surface area contributed by atoms with Gasteiger partial charge in [0, 0.05) is 10.0 Å². The van der Waals surface area contributed by atoms with E-state index in [0.29, 0.717) is 5.75 Å². The number of ether oxygens (including phenoxy) is 3. The van der Waals surface area contributed by atoms with Crippen LogP contribution in [0.25, 0.3) is 0 Å². The Balaban J connectivity index is 2.26. The first kappa shape index (κ1) is 18.3. The van der Waals surface area contributed by atoms with Gasteiger partial charge < -0.3 is 14.2 Å². The first-order chi connectivity index (χ1) is 11.5. The van der Waals surface area contributed by atoms with Crippen LogP contribution >= 0.6 is 15.9 Å². The van der Waals surface area contributed by atoms with E-state index >= 15 is 0 Å². The minimum absolute atomic E-state index is 0.281. The van der Waals surface area contributed by atoms with E-state index in [9.17, 15) is 4.79 Å². The lowest BCUT2D eigenvalue weighted by atomic mass is 10.0. The molecule has 0 aromatic heterocycles. The number of halogens is 1. The van der Waals surface area contributed by atoms with E-state index in [4.69, 9.17) is 9.47 Å². The molecular formula is C19H21BrO4. The molecule has 0 saturated carbocycles. The van der Waals surface area contributed by atoms with Gasteiger partial charge in [-0.25, -0.2) is 4.79 Å². The fourth-order valence-electron chi connectivity index (χ4n) is 2.32. The summed E-state index contributed by atoms with van der Waals surface area (Å²) >= 11 is 3.48. The third-order valence-electron chi connectivity index (χ3n) is 3.87. The molecule has 0 aliphatic carbocycles. The van der Waals surface area contributed by atoms with Crippen molar-refractivity contribution in [1.29, 1.82) is 0 Å². The highest BCUT2D eigenvalue weighted by Crippen LogP contribution is 2.30. The summed E-state index contributed by atoms with van der Waals surface area (Å²) in [5.74, 6) is 1.26. The van der Waals surface area contributed by atoms with Crippen LogP contribution in [0.15, 0.2) is 34.8 Å². The quantitative estimate of drug-likeness (QED) is 0.507. The van der Waals surface area contributed by atoms with Gasteiger partial charge in [-0.15, -0.1) is 0 Å². The summed E-state index contributed by atoms with van der Waals surface area (Å²) in [5.41, 5.74) is 4.33. The number of hydrogen-bond donors (Lipinski definition) is 0. The zero-order valence-corrected chi connectivity index (χ0v) is 15.9. The van der Waals surface area contributed by atoms with Crippen molar-refractivity contribution in [3.63, 3.8) is 0 Å². The minimum Gasteiger partial charge on any atom is -0.488 e. The van der Waals surface area contributed by atoms with Crippen molar-refractivity contribution in [3.05, 3.63) is 57.1 Å². The molecule has 2 aromatic carbocycles. The normalized spacial score (nSPS) is 10.4. The van der Waals surface area contributed by atoms with Crippen molar-refractivity contribution in [2.75, 3.05) is 7.11 Å². The maximum atomic E-state index is 11.4. The molecular weight excluding hydrogens is 372 g/mol. The number of methoxy groups -OCH3 is 1. The monoisotopic (exact) mass is 392 g/mol. The molecule has 0 heterocycles. The molecule has 128 valence electrons. The molecule has 0 saturated heterocycles. The molecule has 4 nitrogen and oxygen atoms in total. The Hall–Kier alpha value is -2.01. The van der Waals surface area contributed by atoms with Gasteiger partial charge in [-0.1, -0.05) is 35.0 Å². The molecule has 0 aliphatic heterocycles. The zero-order chi connectivity index (χ0) is 17.7. The van der Waals surface area contributed by atoms with Crippen LogP contribution in [0.5, 0.6) is 11.5 Å². The Morgan fingerprint density at radius 3 is 2.50 bits per heavy atom. The predicted molar refractivity (Wildman–Crippen MR) is 96.8 cm³/mol. The van der Waals surface area contributed by atoms with E-state index in [2.05, 4.69) is 47.5 Å². The van der Waals surface area contributed by atoms with Crippen LogP contribution in [0.3, 0.4) is 0 Å². The molecule has 0 amide bonds. The van der Waals surface area contributed by atoms with Crippen molar-refractivity contribution in [2.24, 2.45) is 0 Å². The molecule has 0 fully saturated rings.